The summed E-state index contributed by atoms with van der Waals surface area (Å²) in [5.74, 6) is -0.733. The number of amides is 1. The van der Waals surface area contributed by atoms with Crippen molar-refractivity contribution in [1.82, 2.24) is 4.31 Å². The number of nitrogens with one attached hydrogen (secondary N) is 1. The van der Waals surface area contributed by atoms with Crippen LogP contribution in [0.4, 0.5) is 10.1 Å². The molecular formula is C20H25FN3O3S+. The van der Waals surface area contributed by atoms with E-state index in [0.29, 0.717) is 26.2 Å². The van der Waals surface area contributed by atoms with Gasteiger partial charge >= 0.3 is 0 Å². The van der Waals surface area contributed by atoms with Crippen molar-refractivity contribution in [3.8, 4) is 0 Å². The van der Waals surface area contributed by atoms with Crippen LogP contribution in [0.25, 0.3) is 0 Å². The number of hydrogen-bond acceptors (Lipinski definition) is 3. The molecule has 2 aromatic carbocycles. The van der Waals surface area contributed by atoms with Gasteiger partial charge in [-0.15, -0.1) is 0 Å². The predicted molar refractivity (Wildman–Crippen MR) is 105 cm³/mol. The number of nitrogens with zero attached hydrogens (tertiary/aromatic N) is 2. The summed E-state index contributed by atoms with van der Waals surface area (Å²) in [6.45, 7) is 4.34. The number of rotatable bonds is 6. The molecule has 1 heterocycles. The Kier molecular flexibility index (Phi) is 6.43. The highest BCUT2D eigenvalue weighted by atomic mass is 32.2. The van der Waals surface area contributed by atoms with Gasteiger partial charge in [0.25, 0.3) is 5.91 Å². The predicted octanol–water partition coefficient (Wildman–Crippen LogP) is 0.768. The molecule has 28 heavy (non-hydrogen) atoms. The van der Waals surface area contributed by atoms with Gasteiger partial charge in [-0.05, 0) is 31.2 Å². The second-order valence-corrected chi connectivity index (χ2v) is 8.64. The maximum atomic E-state index is 13.9. The van der Waals surface area contributed by atoms with Crippen LogP contribution in [0.3, 0.4) is 0 Å². The highest BCUT2D eigenvalue weighted by molar-refractivity contribution is 7.89. The quantitative estimate of drug-likeness (QED) is 0.771. The van der Waals surface area contributed by atoms with Crippen molar-refractivity contribution < 1.29 is 22.5 Å². The van der Waals surface area contributed by atoms with E-state index in [9.17, 15) is 17.6 Å². The lowest BCUT2D eigenvalue weighted by molar-refractivity contribution is -0.895. The van der Waals surface area contributed by atoms with E-state index in [4.69, 9.17) is 0 Å². The number of quaternary nitrogens is 1. The molecule has 150 valence electrons. The molecule has 0 bridgehead atoms. The van der Waals surface area contributed by atoms with E-state index in [0.717, 1.165) is 16.7 Å². The summed E-state index contributed by atoms with van der Waals surface area (Å²) in [6, 6.07) is 14.9. The van der Waals surface area contributed by atoms with E-state index in [2.05, 4.69) is 0 Å². The Morgan fingerprint density at radius 3 is 2.29 bits per heavy atom. The third-order valence-electron chi connectivity index (χ3n) is 4.97. The summed E-state index contributed by atoms with van der Waals surface area (Å²) in [4.78, 5) is 15.2. The normalized spacial score (nSPS) is 16.1. The molecule has 0 aliphatic carbocycles. The van der Waals surface area contributed by atoms with Gasteiger partial charge in [-0.2, -0.15) is 4.31 Å². The molecule has 1 aliphatic heterocycles. The van der Waals surface area contributed by atoms with Gasteiger partial charge in [-0.25, -0.2) is 12.8 Å². The van der Waals surface area contributed by atoms with Crippen molar-refractivity contribution in [2.75, 3.05) is 44.2 Å². The maximum absolute atomic E-state index is 13.9. The number of anilines is 1. The van der Waals surface area contributed by atoms with Crippen LogP contribution in [-0.4, -0.2) is 57.9 Å². The number of piperazine rings is 1. The third kappa shape index (κ3) is 4.40. The fourth-order valence-corrected chi connectivity index (χ4v) is 4.94. The smallest absolute Gasteiger partial charge is 0.282 e. The molecule has 1 N–H and O–H groups in total. The molecule has 1 aliphatic rings. The number of sulfonamides is 1. The minimum atomic E-state index is -3.86. The monoisotopic (exact) mass is 406 g/mol. The van der Waals surface area contributed by atoms with Gasteiger partial charge in [0.05, 0.1) is 26.2 Å². The first-order valence-electron chi connectivity index (χ1n) is 9.37. The summed E-state index contributed by atoms with van der Waals surface area (Å²) >= 11 is 0. The molecule has 0 atom stereocenters. The van der Waals surface area contributed by atoms with E-state index >= 15 is 0 Å². The summed E-state index contributed by atoms with van der Waals surface area (Å²) in [7, 11) is -3.86. The zero-order valence-electron chi connectivity index (χ0n) is 15.8. The van der Waals surface area contributed by atoms with Crippen molar-refractivity contribution in [2.24, 2.45) is 0 Å². The molecule has 1 saturated heterocycles. The van der Waals surface area contributed by atoms with Crippen LogP contribution in [0.15, 0.2) is 59.5 Å². The molecule has 0 aromatic heterocycles. The van der Waals surface area contributed by atoms with Gasteiger partial charge < -0.3 is 9.80 Å². The van der Waals surface area contributed by atoms with E-state index in [1.54, 1.807) is 4.90 Å². The lowest BCUT2D eigenvalue weighted by atomic mass is 10.2. The molecule has 1 amide bonds. The van der Waals surface area contributed by atoms with Crippen LogP contribution in [0.1, 0.15) is 6.92 Å². The van der Waals surface area contributed by atoms with Gasteiger partial charge in [-0.3, -0.25) is 4.79 Å². The number of likely N-dealkylation sites (N-methyl/N-ethyl adjacent to an activating group) is 1. The second kappa shape index (κ2) is 8.81. The van der Waals surface area contributed by atoms with E-state index in [-0.39, 0.29) is 23.9 Å². The van der Waals surface area contributed by atoms with E-state index in [1.807, 2.05) is 37.3 Å². The summed E-state index contributed by atoms with van der Waals surface area (Å²) < 4.78 is 40.6. The largest absolute Gasteiger partial charge is 0.325 e. The number of benzene rings is 2. The zero-order chi connectivity index (χ0) is 20.1. The van der Waals surface area contributed by atoms with Crippen LogP contribution < -0.4 is 9.80 Å². The second-order valence-electron chi connectivity index (χ2n) is 6.73. The summed E-state index contributed by atoms with van der Waals surface area (Å²) in [6.07, 6.45) is 0. The average molecular weight is 407 g/mol. The Morgan fingerprint density at radius 2 is 1.68 bits per heavy atom. The zero-order valence-corrected chi connectivity index (χ0v) is 16.7. The minimum absolute atomic E-state index is 0.00844. The van der Waals surface area contributed by atoms with E-state index in [1.165, 1.54) is 22.5 Å². The van der Waals surface area contributed by atoms with E-state index < -0.39 is 15.8 Å². The van der Waals surface area contributed by atoms with Crippen molar-refractivity contribution in [2.45, 2.75) is 11.8 Å². The molecule has 6 nitrogen and oxygen atoms in total. The number of halogens is 1. The van der Waals surface area contributed by atoms with Crippen LogP contribution >= 0.6 is 0 Å². The Labute approximate surface area is 165 Å². The fourth-order valence-electron chi connectivity index (χ4n) is 3.43. The van der Waals surface area contributed by atoms with Crippen molar-refractivity contribution >= 4 is 21.6 Å². The van der Waals surface area contributed by atoms with Crippen LogP contribution in [0.5, 0.6) is 0 Å². The van der Waals surface area contributed by atoms with Crippen LogP contribution in [0, 0.1) is 5.82 Å². The standard InChI is InChI=1S/C20H24FN3O3S/c1-2-24(17-8-4-3-5-9-17)20(25)16-22-12-14-23(15-13-22)28(26,27)19-11-7-6-10-18(19)21/h3-11H,2,12-16H2,1H3/p+1. The van der Waals surface area contributed by atoms with Gasteiger partial charge in [-0.1, -0.05) is 30.3 Å². The Balaban J connectivity index is 1.61. The topological polar surface area (TPSA) is 62.1 Å². The first kappa shape index (κ1) is 20.4. The Hall–Kier alpha value is -2.29. The third-order valence-corrected chi connectivity index (χ3v) is 6.90. The summed E-state index contributed by atoms with van der Waals surface area (Å²) in [5.41, 5.74) is 0.857. The molecule has 8 heteroatoms. The first-order chi connectivity index (χ1) is 13.4. The molecule has 2 aromatic rings. The fraction of sp³-hybridized carbons (Fsp3) is 0.350. The maximum Gasteiger partial charge on any atom is 0.282 e. The van der Waals surface area contributed by atoms with Gasteiger partial charge in [0.15, 0.2) is 6.54 Å². The summed E-state index contributed by atoms with van der Waals surface area (Å²) in [5, 5.41) is 0. The number of carbonyl (C=O) groups excluding carboxylic acids is 1. The molecule has 3 rings (SSSR count). The van der Waals surface area contributed by atoms with Gasteiger partial charge in [0.1, 0.15) is 10.7 Å². The number of carbonyl (C=O) groups is 1. The van der Waals surface area contributed by atoms with Crippen molar-refractivity contribution in [3.63, 3.8) is 0 Å². The lowest BCUT2D eigenvalue weighted by Gasteiger charge is -2.32. The van der Waals surface area contributed by atoms with Gasteiger partial charge in [0.2, 0.25) is 10.0 Å². The van der Waals surface area contributed by atoms with Crippen LogP contribution in [0.2, 0.25) is 0 Å². The number of hydrogen-bond donors (Lipinski definition) is 1. The molecule has 0 saturated carbocycles. The number of para-hydroxylation sites is 1. The Morgan fingerprint density at radius 1 is 1.07 bits per heavy atom. The SMILES string of the molecule is CCN(C(=O)C[NH+]1CCN(S(=O)(=O)c2ccccc2F)CC1)c1ccccc1. The molecule has 0 spiro atoms. The molecular weight excluding hydrogens is 381 g/mol. The van der Waals surface area contributed by atoms with Crippen LogP contribution in [-0.2, 0) is 14.8 Å². The van der Waals surface area contributed by atoms with Gasteiger partial charge in [0, 0.05) is 12.2 Å². The van der Waals surface area contributed by atoms with Crippen molar-refractivity contribution in [1.29, 1.82) is 0 Å². The molecule has 0 unspecified atom stereocenters. The molecule has 1 fully saturated rings. The minimum Gasteiger partial charge on any atom is -0.325 e. The highest BCUT2D eigenvalue weighted by Crippen LogP contribution is 2.18. The first-order valence-corrected chi connectivity index (χ1v) is 10.8. The average Bonchev–Trinajstić information content (AvgIpc) is 2.70. The highest BCUT2D eigenvalue weighted by Gasteiger charge is 2.33. The Bertz CT molecular complexity index is 913. The van der Waals surface area contributed by atoms with Crippen molar-refractivity contribution in [3.05, 3.63) is 60.4 Å². The lowest BCUT2D eigenvalue weighted by Crippen LogP contribution is -3.15. The molecule has 0 radical (unpaired) electrons.